The Kier molecular flexibility index (Phi) is 1.62. The highest BCUT2D eigenvalue weighted by Gasteiger charge is 2.04. The van der Waals surface area contributed by atoms with Gasteiger partial charge in [-0.05, 0) is 12.1 Å². The monoisotopic (exact) mass is 178 g/mol. The molecule has 1 heterocycles. The third kappa shape index (κ3) is 0.921. The summed E-state index contributed by atoms with van der Waals surface area (Å²) in [5.41, 5.74) is 2.07. The van der Waals surface area contributed by atoms with Crippen molar-refractivity contribution in [3.8, 4) is 0 Å². The van der Waals surface area contributed by atoms with Crippen LogP contribution in [0.1, 0.15) is 10.4 Å². The molecule has 1 aromatic carbocycles. The Morgan fingerprint density at radius 2 is 2.33 bits per heavy atom. The van der Waals surface area contributed by atoms with Crippen LogP contribution in [0.3, 0.4) is 0 Å². The van der Waals surface area contributed by atoms with Crippen molar-refractivity contribution in [1.82, 2.24) is 9.97 Å². The molecule has 0 amide bonds. The number of carbonyl (C=O) groups is 1. The Morgan fingerprint density at radius 3 is 3.08 bits per heavy atom. The molecule has 2 rings (SSSR count). The van der Waals surface area contributed by atoms with E-state index in [4.69, 9.17) is 0 Å². The minimum absolute atomic E-state index is 0.587. The van der Waals surface area contributed by atoms with Crippen molar-refractivity contribution < 1.29 is 4.79 Å². The van der Waals surface area contributed by atoms with Crippen molar-refractivity contribution in [1.29, 1.82) is 0 Å². The van der Waals surface area contributed by atoms with Gasteiger partial charge in [-0.25, -0.2) is 4.98 Å². The molecule has 12 heavy (non-hydrogen) atoms. The number of H-pyrrole nitrogens is 1. The van der Waals surface area contributed by atoms with Crippen LogP contribution in [0.4, 0.5) is 0 Å². The third-order valence-electron chi connectivity index (χ3n) is 1.72. The predicted molar refractivity (Wildman–Crippen MR) is 48.7 cm³/mol. The topological polar surface area (TPSA) is 45.8 Å². The van der Waals surface area contributed by atoms with Crippen molar-refractivity contribution in [3.05, 3.63) is 24.0 Å². The van der Waals surface area contributed by atoms with Gasteiger partial charge < -0.3 is 4.98 Å². The molecule has 60 valence electrons. The summed E-state index contributed by atoms with van der Waals surface area (Å²) in [4.78, 5) is 18.3. The van der Waals surface area contributed by atoms with Crippen LogP contribution in [-0.4, -0.2) is 16.3 Å². The second kappa shape index (κ2) is 2.64. The third-order valence-corrected chi connectivity index (χ3v) is 2.09. The first kappa shape index (κ1) is 7.36. The lowest BCUT2D eigenvalue weighted by Crippen LogP contribution is -1.82. The first-order chi connectivity index (χ1) is 5.83. The number of hydrogen-bond donors (Lipinski definition) is 2. The molecule has 0 aliphatic heterocycles. The number of rotatable bonds is 1. The Morgan fingerprint density at radius 1 is 1.50 bits per heavy atom. The number of hydrogen-bond acceptors (Lipinski definition) is 3. The molecule has 3 nitrogen and oxygen atoms in total. The number of carbonyl (C=O) groups excluding carboxylic acids is 1. The number of aromatic nitrogens is 2. The summed E-state index contributed by atoms with van der Waals surface area (Å²) in [6.45, 7) is 0. The average molecular weight is 178 g/mol. The molecule has 0 saturated carbocycles. The lowest BCUT2D eigenvalue weighted by Gasteiger charge is -1.95. The zero-order chi connectivity index (χ0) is 8.55. The number of nitrogens with one attached hydrogen (secondary N) is 1. The summed E-state index contributed by atoms with van der Waals surface area (Å²) >= 11 is 4.22. The van der Waals surface area contributed by atoms with Crippen LogP contribution in [0, 0.1) is 0 Å². The number of benzene rings is 1. The molecule has 0 spiro atoms. The van der Waals surface area contributed by atoms with E-state index >= 15 is 0 Å². The summed E-state index contributed by atoms with van der Waals surface area (Å²) < 4.78 is 0. The fourth-order valence-electron chi connectivity index (χ4n) is 1.13. The van der Waals surface area contributed by atoms with E-state index < -0.39 is 0 Å². The largest absolute Gasteiger partial charge is 0.344 e. The molecular weight excluding hydrogens is 172 g/mol. The number of thiol groups is 1. The molecule has 0 fully saturated rings. The van der Waals surface area contributed by atoms with E-state index in [0.717, 1.165) is 16.7 Å². The van der Waals surface area contributed by atoms with E-state index in [1.165, 1.54) is 0 Å². The fourth-order valence-corrected chi connectivity index (χ4v) is 1.38. The molecule has 0 aliphatic carbocycles. The molecule has 0 unspecified atom stereocenters. The SMILES string of the molecule is O=Cc1ccc(S)c2[nH]cnc12. The highest BCUT2D eigenvalue weighted by Crippen LogP contribution is 2.20. The predicted octanol–water partition coefficient (Wildman–Crippen LogP) is 1.66. The molecule has 4 heteroatoms. The molecule has 0 saturated heterocycles. The van der Waals surface area contributed by atoms with Crippen LogP contribution in [0.5, 0.6) is 0 Å². The van der Waals surface area contributed by atoms with Gasteiger partial charge in [-0.3, -0.25) is 4.79 Å². The molecule has 0 atom stereocenters. The minimum Gasteiger partial charge on any atom is -0.344 e. The van der Waals surface area contributed by atoms with Gasteiger partial charge in [0.2, 0.25) is 0 Å². The Hall–Kier alpha value is -1.29. The van der Waals surface area contributed by atoms with Gasteiger partial charge in [0, 0.05) is 10.5 Å². The molecule has 0 aliphatic rings. The summed E-state index contributed by atoms with van der Waals surface area (Å²) in [7, 11) is 0. The van der Waals surface area contributed by atoms with Crippen molar-refractivity contribution >= 4 is 29.9 Å². The van der Waals surface area contributed by atoms with Crippen molar-refractivity contribution in [2.24, 2.45) is 0 Å². The first-order valence-electron chi connectivity index (χ1n) is 3.43. The minimum atomic E-state index is 0.587. The van der Waals surface area contributed by atoms with Gasteiger partial charge in [0.15, 0.2) is 6.29 Å². The number of aromatic amines is 1. The van der Waals surface area contributed by atoms with E-state index in [-0.39, 0.29) is 0 Å². The Balaban J connectivity index is 2.91. The normalized spacial score (nSPS) is 10.4. The van der Waals surface area contributed by atoms with Crippen molar-refractivity contribution in [2.75, 3.05) is 0 Å². The summed E-state index contributed by atoms with van der Waals surface area (Å²) in [6.07, 6.45) is 2.34. The van der Waals surface area contributed by atoms with Gasteiger partial charge in [-0.2, -0.15) is 0 Å². The highest BCUT2D eigenvalue weighted by atomic mass is 32.1. The van der Waals surface area contributed by atoms with Crippen LogP contribution < -0.4 is 0 Å². The Labute approximate surface area is 74.2 Å². The maximum absolute atomic E-state index is 10.6. The maximum atomic E-state index is 10.6. The van der Waals surface area contributed by atoms with Crippen molar-refractivity contribution in [2.45, 2.75) is 4.90 Å². The number of imidazole rings is 1. The number of fused-ring (bicyclic) bond motifs is 1. The van der Waals surface area contributed by atoms with E-state index in [1.807, 2.05) is 0 Å². The molecular formula is C8H6N2OS. The average Bonchev–Trinajstić information content (AvgIpc) is 2.54. The van der Waals surface area contributed by atoms with Crippen LogP contribution in [0.2, 0.25) is 0 Å². The zero-order valence-electron chi connectivity index (χ0n) is 6.11. The second-order valence-corrected chi connectivity index (χ2v) is 2.90. The van der Waals surface area contributed by atoms with Crippen molar-refractivity contribution in [3.63, 3.8) is 0 Å². The van der Waals surface area contributed by atoms with Crippen LogP contribution in [0.25, 0.3) is 11.0 Å². The maximum Gasteiger partial charge on any atom is 0.152 e. The smallest absolute Gasteiger partial charge is 0.152 e. The lowest BCUT2D eigenvalue weighted by molar-refractivity contribution is 0.112. The zero-order valence-corrected chi connectivity index (χ0v) is 7.01. The number of aldehydes is 1. The van der Waals surface area contributed by atoms with Gasteiger partial charge in [0.25, 0.3) is 0 Å². The van der Waals surface area contributed by atoms with E-state index in [2.05, 4.69) is 22.6 Å². The summed E-state index contributed by atoms with van der Waals surface area (Å²) in [5.74, 6) is 0. The molecule has 0 radical (unpaired) electrons. The molecule has 0 bridgehead atoms. The van der Waals surface area contributed by atoms with Gasteiger partial charge in [0.1, 0.15) is 0 Å². The lowest BCUT2D eigenvalue weighted by atomic mass is 10.2. The van der Waals surface area contributed by atoms with Crippen LogP contribution >= 0.6 is 12.6 Å². The number of nitrogens with zero attached hydrogens (tertiary/aromatic N) is 1. The first-order valence-corrected chi connectivity index (χ1v) is 3.88. The van der Waals surface area contributed by atoms with Gasteiger partial charge in [-0.15, -0.1) is 12.6 Å². The van der Waals surface area contributed by atoms with E-state index in [1.54, 1.807) is 18.5 Å². The van der Waals surface area contributed by atoms with E-state index in [9.17, 15) is 4.79 Å². The van der Waals surface area contributed by atoms with Crippen LogP contribution in [0.15, 0.2) is 23.4 Å². The van der Waals surface area contributed by atoms with Gasteiger partial charge in [-0.1, -0.05) is 0 Å². The standard InChI is InChI=1S/C8H6N2OS/c11-3-5-1-2-6(12)8-7(5)9-4-10-8/h1-4,12H,(H,9,10). The second-order valence-electron chi connectivity index (χ2n) is 2.42. The Bertz CT molecular complexity index is 436. The summed E-state index contributed by atoms with van der Waals surface area (Å²) in [5, 5.41) is 0. The fraction of sp³-hybridized carbons (Fsp3) is 0. The summed E-state index contributed by atoms with van der Waals surface area (Å²) in [6, 6.07) is 3.48. The molecule has 2 aromatic rings. The molecule has 1 aromatic heterocycles. The quantitative estimate of drug-likeness (QED) is 0.515. The van der Waals surface area contributed by atoms with Gasteiger partial charge in [0.05, 0.1) is 17.4 Å². The highest BCUT2D eigenvalue weighted by molar-refractivity contribution is 7.80. The molecule has 1 N–H and O–H groups in total. The van der Waals surface area contributed by atoms with Gasteiger partial charge >= 0.3 is 0 Å². The van der Waals surface area contributed by atoms with Crippen LogP contribution in [-0.2, 0) is 0 Å². The van der Waals surface area contributed by atoms with E-state index in [0.29, 0.717) is 11.1 Å².